The number of nitrogens with one attached hydrogen (secondary N) is 3. The van der Waals surface area contributed by atoms with E-state index < -0.39 is 36.0 Å². The zero-order valence-corrected chi connectivity index (χ0v) is 14.9. The van der Waals surface area contributed by atoms with E-state index in [0.717, 1.165) is 41.7 Å². The Hall–Kier alpha value is -2.90. The standard InChI is InChI=1S/C19H22N4O4/c24-15(21-17(26)20-13-6-2-3-7-13)11-23-16(25)19(22-18(23)27)10-9-12-5-1-4-8-14(12)19/h1,4-5,8,13H,2-3,6-7,9-11H2,(H,22,27)(H2,20,21,24,26)/t19-/m0/s1. The number of hydrogen-bond acceptors (Lipinski definition) is 4. The second-order valence-corrected chi connectivity index (χ2v) is 7.39. The molecule has 8 heteroatoms. The third kappa shape index (κ3) is 3.05. The molecule has 1 heterocycles. The van der Waals surface area contributed by atoms with Gasteiger partial charge in [-0.3, -0.25) is 19.8 Å². The van der Waals surface area contributed by atoms with Crippen molar-refractivity contribution in [2.24, 2.45) is 0 Å². The number of urea groups is 2. The van der Waals surface area contributed by atoms with Gasteiger partial charge in [-0.25, -0.2) is 9.59 Å². The molecule has 3 N–H and O–H groups in total. The number of carbonyl (C=O) groups excluding carboxylic acids is 4. The van der Waals surface area contributed by atoms with Crippen LogP contribution < -0.4 is 16.0 Å². The fraction of sp³-hybridized carbons (Fsp3) is 0.474. The molecule has 1 saturated carbocycles. The highest BCUT2D eigenvalue weighted by Gasteiger charge is 2.55. The number of amides is 6. The number of benzene rings is 1. The van der Waals surface area contributed by atoms with Crippen LogP contribution in [0.15, 0.2) is 24.3 Å². The van der Waals surface area contributed by atoms with Crippen LogP contribution in [0.3, 0.4) is 0 Å². The van der Waals surface area contributed by atoms with Crippen LogP contribution >= 0.6 is 0 Å². The molecular weight excluding hydrogens is 348 g/mol. The molecule has 1 spiro atoms. The number of imide groups is 2. The Bertz CT molecular complexity index is 818. The van der Waals surface area contributed by atoms with Crippen molar-refractivity contribution in [3.8, 4) is 0 Å². The molecule has 0 unspecified atom stereocenters. The van der Waals surface area contributed by atoms with E-state index in [-0.39, 0.29) is 6.04 Å². The van der Waals surface area contributed by atoms with Crippen molar-refractivity contribution in [1.29, 1.82) is 0 Å². The molecule has 1 aromatic carbocycles. The van der Waals surface area contributed by atoms with Gasteiger partial charge in [0.15, 0.2) is 0 Å². The Morgan fingerprint density at radius 1 is 1.19 bits per heavy atom. The number of rotatable bonds is 3. The smallest absolute Gasteiger partial charge is 0.325 e. The van der Waals surface area contributed by atoms with Crippen molar-refractivity contribution in [1.82, 2.24) is 20.9 Å². The summed E-state index contributed by atoms with van der Waals surface area (Å²) < 4.78 is 0. The van der Waals surface area contributed by atoms with Crippen molar-refractivity contribution in [3.05, 3.63) is 35.4 Å². The number of aryl methyl sites for hydroxylation is 1. The van der Waals surface area contributed by atoms with Crippen molar-refractivity contribution in [2.75, 3.05) is 6.54 Å². The maximum atomic E-state index is 13.0. The Labute approximate surface area is 156 Å². The van der Waals surface area contributed by atoms with Crippen LogP contribution in [0, 0.1) is 0 Å². The predicted octanol–water partition coefficient (Wildman–Crippen LogP) is 1.15. The van der Waals surface area contributed by atoms with Crippen LogP contribution in [-0.2, 0) is 21.5 Å². The summed E-state index contributed by atoms with van der Waals surface area (Å²) in [7, 11) is 0. The van der Waals surface area contributed by atoms with Gasteiger partial charge >= 0.3 is 12.1 Å². The third-order valence-electron chi connectivity index (χ3n) is 5.67. The summed E-state index contributed by atoms with van der Waals surface area (Å²) in [5.74, 6) is -1.12. The zero-order valence-electron chi connectivity index (χ0n) is 14.9. The molecule has 27 heavy (non-hydrogen) atoms. The van der Waals surface area contributed by atoms with E-state index in [1.165, 1.54) is 0 Å². The Morgan fingerprint density at radius 2 is 1.93 bits per heavy atom. The van der Waals surface area contributed by atoms with Crippen LogP contribution in [0.5, 0.6) is 0 Å². The first-order valence-corrected chi connectivity index (χ1v) is 9.32. The molecule has 0 aromatic heterocycles. The van der Waals surface area contributed by atoms with Crippen LogP contribution in [0.2, 0.25) is 0 Å². The Balaban J connectivity index is 1.41. The summed E-state index contributed by atoms with van der Waals surface area (Å²) in [6, 6.07) is 6.38. The summed E-state index contributed by atoms with van der Waals surface area (Å²) >= 11 is 0. The topological polar surface area (TPSA) is 108 Å². The molecule has 0 bridgehead atoms. The summed E-state index contributed by atoms with van der Waals surface area (Å²) in [6.45, 7) is -0.479. The summed E-state index contributed by atoms with van der Waals surface area (Å²) in [4.78, 5) is 50.3. The van der Waals surface area contributed by atoms with Gasteiger partial charge in [-0.2, -0.15) is 0 Å². The third-order valence-corrected chi connectivity index (χ3v) is 5.67. The van der Waals surface area contributed by atoms with Crippen LogP contribution in [0.1, 0.15) is 43.2 Å². The Kier molecular flexibility index (Phi) is 4.33. The van der Waals surface area contributed by atoms with Gasteiger partial charge < -0.3 is 10.6 Å². The molecular formula is C19H22N4O4. The number of fused-ring (bicyclic) bond motifs is 2. The second kappa shape index (κ2) is 6.68. The molecule has 2 aliphatic carbocycles. The minimum Gasteiger partial charge on any atom is -0.335 e. The highest BCUT2D eigenvalue weighted by molar-refractivity contribution is 6.10. The SMILES string of the molecule is O=C(CN1C(=O)N[C@]2(CCc3ccccc32)C1=O)NC(=O)NC1CCCC1. The quantitative estimate of drug-likeness (QED) is 0.694. The van der Waals surface area contributed by atoms with E-state index >= 15 is 0 Å². The van der Waals surface area contributed by atoms with E-state index in [1.807, 2.05) is 24.3 Å². The maximum absolute atomic E-state index is 13.0. The van der Waals surface area contributed by atoms with Crippen LogP contribution in [0.4, 0.5) is 9.59 Å². The second-order valence-electron chi connectivity index (χ2n) is 7.39. The molecule has 1 atom stereocenters. The summed E-state index contributed by atoms with van der Waals surface area (Å²) in [6.07, 6.45) is 5.08. The van der Waals surface area contributed by atoms with Crippen molar-refractivity contribution in [3.63, 3.8) is 0 Å². The van der Waals surface area contributed by atoms with Gasteiger partial charge in [0, 0.05) is 6.04 Å². The lowest BCUT2D eigenvalue weighted by Gasteiger charge is -2.22. The van der Waals surface area contributed by atoms with E-state index in [4.69, 9.17) is 0 Å². The Morgan fingerprint density at radius 3 is 2.70 bits per heavy atom. The molecule has 4 rings (SSSR count). The van der Waals surface area contributed by atoms with Crippen molar-refractivity contribution in [2.45, 2.75) is 50.1 Å². The van der Waals surface area contributed by atoms with Gasteiger partial charge in [0.05, 0.1) is 0 Å². The van der Waals surface area contributed by atoms with E-state index in [1.54, 1.807) is 0 Å². The maximum Gasteiger partial charge on any atom is 0.325 e. The molecule has 8 nitrogen and oxygen atoms in total. The number of hydrogen-bond donors (Lipinski definition) is 3. The first-order valence-electron chi connectivity index (χ1n) is 9.32. The summed E-state index contributed by atoms with van der Waals surface area (Å²) in [5, 5.41) is 7.71. The highest BCUT2D eigenvalue weighted by atomic mass is 16.2. The highest BCUT2D eigenvalue weighted by Crippen LogP contribution is 2.41. The van der Waals surface area contributed by atoms with Gasteiger partial charge in [0.25, 0.3) is 5.91 Å². The molecule has 1 aromatic rings. The monoisotopic (exact) mass is 370 g/mol. The van der Waals surface area contributed by atoms with E-state index in [9.17, 15) is 19.2 Å². The molecule has 6 amide bonds. The van der Waals surface area contributed by atoms with Crippen LogP contribution in [0.25, 0.3) is 0 Å². The number of nitrogens with zero attached hydrogens (tertiary/aromatic N) is 1. The minimum absolute atomic E-state index is 0.0766. The van der Waals surface area contributed by atoms with Crippen molar-refractivity contribution >= 4 is 23.9 Å². The van der Waals surface area contributed by atoms with E-state index in [0.29, 0.717) is 12.8 Å². The molecule has 142 valence electrons. The first kappa shape index (κ1) is 17.5. The first-order chi connectivity index (χ1) is 13.0. The minimum atomic E-state index is -1.10. The zero-order chi connectivity index (χ0) is 19.0. The van der Waals surface area contributed by atoms with E-state index in [2.05, 4.69) is 16.0 Å². The molecule has 0 radical (unpaired) electrons. The average molecular weight is 370 g/mol. The van der Waals surface area contributed by atoms with Gasteiger partial charge in [-0.05, 0) is 36.8 Å². The molecule has 2 fully saturated rings. The van der Waals surface area contributed by atoms with Gasteiger partial charge in [0.1, 0.15) is 12.1 Å². The molecule has 1 saturated heterocycles. The van der Waals surface area contributed by atoms with Gasteiger partial charge in [-0.1, -0.05) is 37.1 Å². The summed E-state index contributed by atoms with van der Waals surface area (Å²) in [5.41, 5.74) is 0.707. The fourth-order valence-corrected chi connectivity index (χ4v) is 4.33. The fourth-order valence-electron chi connectivity index (χ4n) is 4.33. The average Bonchev–Trinajstić information content (AvgIpc) is 3.32. The van der Waals surface area contributed by atoms with Crippen LogP contribution in [-0.4, -0.2) is 41.4 Å². The normalized spacial score (nSPS) is 24.2. The lowest BCUT2D eigenvalue weighted by molar-refractivity contribution is -0.135. The lowest BCUT2D eigenvalue weighted by atomic mass is 9.92. The largest absolute Gasteiger partial charge is 0.335 e. The predicted molar refractivity (Wildman–Crippen MR) is 95.6 cm³/mol. The molecule has 3 aliphatic rings. The lowest BCUT2D eigenvalue weighted by Crippen LogP contribution is -2.48. The van der Waals surface area contributed by atoms with Gasteiger partial charge in [0.2, 0.25) is 5.91 Å². The molecule has 1 aliphatic heterocycles. The van der Waals surface area contributed by atoms with Crippen molar-refractivity contribution < 1.29 is 19.2 Å². The van der Waals surface area contributed by atoms with Gasteiger partial charge in [-0.15, -0.1) is 0 Å². The number of carbonyl (C=O) groups is 4.